The van der Waals surface area contributed by atoms with E-state index in [1.807, 2.05) is 11.3 Å². The fraction of sp³-hybridized carbons (Fsp3) is 0.636. The normalized spacial score (nSPS) is 13.2. The van der Waals surface area contributed by atoms with Crippen LogP contribution in [0.5, 0.6) is 0 Å². The van der Waals surface area contributed by atoms with Gasteiger partial charge in [-0.2, -0.15) is 0 Å². The van der Waals surface area contributed by atoms with Crippen molar-refractivity contribution in [2.24, 2.45) is 5.92 Å². The van der Waals surface area contributed by atoms with Gasteiger partial charge in [0, 0.05) is 9.75 Å². The smallest absolute Gasteiger partial charge is 0.00512 e. The van der Waals surface area contributed by atoms with E-state index in [9.17, 15) is 0 Å². The third-order valence-corrected chi connectivity index (χ3v) is 3.11. The number of nitrogens with one attached hydrogen (secondary N) is 1. The maximum atomic E-state index is 3.38. The van der Waals surface area contributed by atoms with E-state index in [0.717, 1.165) is 19.0 Å². The molecule has 0 aliphatic heterocycles. The van der Waals surface area contributed by atoms with Crippen molar-refractivity contribution >= 4 is 11.3 Å². The fourth-order valence-electron chi connectivity index (χ4n) is 1.40. The summed E-state index contributed by atoms with van der Waals surface area (Å²) in [7, 11) is 0. The van der Waals surface area contributed by atoms with Crippen LogP contribution in [0.15, 0.2) is 12.1 Å². The number of thiophene rings is 1. The lowest BCUT2D eigenvalue weighted by atomic mass is 10.1. The summed E-state index contributed by atoms with van der Waals surface area (Å²) in [4.78, 5) is 2.94. The van der Waals surface area contributed by atoms with Crippen LogP contribution in [-0.2, 0) is 6.42 Å². The van der Waals surface area contributed by atoms with Crippen molar-refractivity contribution in [3.05, 3.63) is 21.9 Å². The summed E-state index contributed by atoms with van der Waals surface area (Å²) in [6.07, 6.45) is 1.21. The predicted octanol–water partition coefficient (Wildman–Crippen LogP) is 2.84. The maximum absolute atomic E-state index is 3.38. The van der Waals surface area contributed by atoms with Gasteiger partial charge >= 0.3 is 0 Å². The van der Waals surface area contributed by atoms with Gasteiger partial charge in [-0.1, -0.05) is 13.8 Å². The van der Waals surface area contributed by atoms with E-state index in [1.165, 1.54) is 16.2 Å². The van der Waals surface area contributed by atoms with Crippen molar-refractivity contribution in [3.8, 4) is 0 Å². The molecule has 0 saturated heterocycles. The molecule has 74 valence electrons. The lowest BCUT2D eigenvalue weighted by molar-refractivity contribution is 0.525. The van der Waals surface area contributed by atoms with E-state index >= 15 is 0 Å². The van der Waals surface area contributed by atoms with E-state index in [-0.39, 0.29) is 0 Å². The standard InChI is InChI=1S/C11H19NS/c1-4-12-8-9(2)7-11-6-5-10(3)13-11/h5-6,9,12H,4,7-8H2,1-3H3. The van der Waals surface area contributed by atoms with E-state index in [1.54, 1.807) is 0 Å². The number of rotatable bonds is 5. The molecule has 0 fully saturated rings. The molecule has 0 aliphatic rings. The summed E-state index contributed by atoms with van der Waals surface area (Å²) in [5.74, 6) is 0.748. The highest BCUT2D eigenvalue weighted by Gasteiger charge is 2.04. The molecule has 13 heavy (non-hydrogen) atoms. The molecule has 1 heterocycles. The highest BCUT2D eigenvalue weighted by atomic mass is 32.1. The van der Waals surface area contributed by atoms with Crippen molar-refractivity contribution in [2.45, 2.75) is 27.2 Å². The van der Waals surface area contributed by atoms with Crippen LogP contribution in [0.25, 0.3) is 0 Å². The third kappa shape index (κ3) is 3.92. The Balaban J connectivity index is 2.31. The lowest BCUT2D eigenvalue weighted by Gasteiger charge is -2.09. The molecular weight excluding hydrogens is 178 g/mol. The Morgan fingerprint density at radius 3 is 2.77 bits per heavy atom. The van der Waals surface area contributed by atoms with Gasteiger partial charge < -0.3 is 5.32 Å². The minimum Gasteiger partial charge on any atom is -0.317 e. The van der Waals surface area contributed by atoms with Crippen LogP contribution in [0.2, 0.25) is 0 Å². The van der Waals surface area contributed by atoms with E-state index in [2.05, 4.69) is 38.2 Å². The van der Waals surface area contributed by atoms with Crippen LogP contribution in [0, 0.1) is 12.8 Å². The zero-order valence-corrected chi connectivity index (χ0v) is 9.58. The Kier molecular flexibility index (Phi) is 4.46. The Bertz CT molecular complexity index is 242. The average molecular weight is 197 g/mol. The maximum Gasteiger partial charge on any atom is 0.00512 e. The Hall–Kier alpha value is -0.340. The molecule has 0 saturated carbocycles. The fourth-order valence-corrected chi connectivity index (χ4v) is 2.45. The zero-order valence-electron chi connectivity index (χ0n) is 8.76. The summed E-state index contributed by atoms with van der Waals surface area (Å²) in [6, 6.07) is 4.46. The first-order valence-electron chi connectivity index (χ1n) is 4.98. The second-order valence-electron chi connectivity index (χ2n) is 3.63. The minimum absolute atomic E-state index is 0.748. The van der Waals surface area contributed by atoms with Gasteiger partial charge in [0.15, 0.2) is 0 Å². The number of aryl methyl sites for hydroxylation is 1. The first-order valence-corrected chi connectivity index (χ1v) is 5.80. The Morgan fingerprint density at radius 1 is 1.46 bits per heavy atom. The predicted molar refractivity (Wildman–Crippen MR) is 60.5 cm³/mol. The van der Waals surface area contributed by atoms with Gasteiger partial charge in [0.2, 0.25) is 0 Å². The second-order valence-corrected chi connectivity index (χ2v) is 5.00. The number of hydrogen-bond acceptors (Lipinski definition) is 2. The molecule has 1 rings (SSSR count). The topological polar surface area (TPSA) is 12.0 Å². The molecule has 0 aliphatic carbocycles. The summed E-state index contributed by atoms with van der Waals surface area (Å²) >= 11 is 1.92. The Labute approximate surface area is 85.2 Å². The van der Waals surface area contributed by atoms with Gasteiger partial charge in [-0.25, -0.2) is 0 Å². The quantitative estimate of drug-likeness (QED) is 0.765. The van der Waals surface area contributed by atoms with Crippen LogP contribution in [0.1, 0.15) is 23.6 Å². The van der Waals surface area contributed by atoms with Crippen molar-refractivity contribution in [1.29, 1.82) is 0 Å². The first kappa shape index (κ1) is 10.7. The Morgan fingerprint density at radius 2 is 2.23 bits per heavy atom. The highest BCUT2D eigenvalue weighted by molar-refractivity contribution is 7.11. The number of hydrogen-bond donors (Lipinski definition) is 1. The summed E-state index contributed by atoms with van der Waals surface area (Å²) < 4.78 is 0. The lowest BCUT2D eigenvalue weighted by Crippen LogP contribution is -2.21. The van der Waals surface area contributed by atoms with Crippen LogP contribution >= 0.6 is 11.3 Å². The van der Waals surface area contributed by atoms with E-state index in [4.69, 9.17) is 0 Å². The molecule has 1 aromatic rings. The summed E-state index contributed by atoms with van der Waals surface area (Å²) in [6.45, 7) is 8.84. The molecule has 0 radical (unpaired) electrons. The first-order chi connectivity index (χ1) is 6.22. The van der Waals surface area contributed by atoms with Gasteiger partial charge in [0.25, 0.3) is 0 Å². The summed E-state index contributed by atoms with van der Waals surface area (Å²) in [5.41, 5.74) is 0. The SMILES string of the molecule is CCNCC(C)Cc1ccc(C)s1. The van der Waals surface area contributed by atoms with E-state index in [0.29, 0.717) is 0 Å². The second kappa shape index (κ2) is 5.40. The third-order valence-electron chi connectivity index (χ3n) is 2.09. The van der Waals surface area contributed by atoms with Crippen molar-refractivity contribution < 1.29 is 0 Å². The molecular formula is C11H19NS. The monoisotopic (exact) mass is 197 g/mol. The van der Waals surface area contributed by atoms with Crippen molar-refractivity contribution in [2.75, 3.05) is 13.1 Å². The molecule has 1 unspecified atom stereocenters. The van der Waals surface area contributed by atoms with Crippen LogP contribution in [-0.4, -0.2) is 13.1 Å². The molecule has 2 heteroatoms. The van der Waals surface area contributed by atoms with Gasteiger partial charge in [0.1, 0.15) is 0 Å². The van der Waals surface area contributed by atoms with Crippen LogP contribution in [0.3, 0.4) is 0 Å². The molecule has 1 aromatic heterocycles. The molecule has 0 spiro atoms. The van der Waals surface area contributed by atoms with Gasteiger partial charge in [0.05, 0.1) is 0 Å². The van der Waals surface area contributed by atoms with Gasteiger partial charge in [-0.3, -0.25) is 0 Å². The van der Waals surface area contributed by atoms with Crippen molar-refractivity contribution in [1.82, 2.24) is 5.32 Å². The van der Waals surface area contributed by atoms with E-state index < -0.39 is 0 Å². The largest absolute Gasteiger partial charge is 0.317 e. The zero-order chi connectivity index (χ0) is 9.68. The average Bonchev–Trinajstić information content (AvgIpc) is 2.48. The van der Waals surface area contributed by atoms with Crippen LogP contribution < -0.4 is 5.32 Å². The van der Waals surface area contributed by atoms with Crippen molar-refractivity contribution in [3.63, 3.8) is 0 Å². The molecule has 0 aromatic carbocycles. The molecule has 1 N–H and O–H groups in total. The molecule has 1 nitrogen and oxygen atoms in total. The molecule has 0 bridgehead atoms. The highest BCUT2D eigenvalue weighted by Crippen LogP contribution is 2.18. The van der Waals surface area contributed by atoms with Gasteiger partial charge in [-0.05, 0) is 44.5 Å². The molecule has 0 amide bonds. The summed E-state index contributed by atoms with van der Waals surface area (Å²) in [5, 5.41) is 3.38. The van der Waals surface area contributed by atoms with Gasteiger partial charge in [-0.15, -0.1) is 11.3 Å². The molecule has 1 atom stereocenters. The minimum atomic E-state index is 0.748. The van der Waals surface area contributed by atoms with Crippen LogP contribution in [0.4, 0.5) is 0 Å².